The Balaban J connectivity index is 1.47. The molecule has 3 aromatic heterocycles. The molecule has 5 rings (SSSR count). The third-order valence-corrected chi connectivity index (χ3v) is 6.60. The largest absolute Gasteiger partial charge is 0.333 e. The quantitative estimate of drug-likeness (QED) is 0.454. The molecule has 31 heavy (non-hydrogen) atoms. The van der Waals surface area contributed by atoms with Crippen molar-refractivity contribution in [1.82, 2.24) is 24.2 Å². The van der Waals surface area contributed by atoms with Gasteiger partial charge in [0.1, 0.15) is 10.7 Å². The van der Waals surface area contributed by atoms with Gasteiger partial charge in [-0.15, -0.1) is 11.3 Å². The van der Waals surface area contributed by atoms with Crippen LogP contribution in [0.3, 0.4) is 0 Å². The number of carbonyl (C=O) groups excluding carboxylic acids is 1. The molecule has 1 aromatic carbocycles. The number of hydrogen-bond donors (Lipinski definition) is 0. The van der Waals surface area contributed by atoms with Gasteiger partial charge in [0.15, 0.2) is 5.69 Å². The Morgan fingerprint density at radius 3 is 2.84 bits per heavy atom. The van der Waals surface area contributed by atoms with Crippen molar-refractivity contribution >= 4 is 34.5 Å². The fourth-order valence-corrected chi connectivity index (χ4v) is 4.94. The molecule has 4 heterocycles. The number of thiazole rings is 1. The standard InChI is InChI=1S/C23H22ClN5OS/c1-27(15-21-25-9-11-31-21)14-19-22(26-20-7-6-18(24)13-29(19)20)23(30)28-10-8-16-4-2-3-5-17(16)12-28/h2-7,9,11,13H,8,10,12,14-15H2,1H3. The highest BCUT2D eigenvalue weighted by molar-refractivity contribution is 7.09. The normalized spacial score (nSPS) is 13.7. The van der Waals surface area contributed by atoms with Crippen LogP contribution in [-0.2, 0) is 26.1 Å². The Hall–Kier alpha value is -2.74. The van der Waals surface area contributed by atoms with Crippen molar-refractivity contribution in [3.8, 4) is 0 Å². The van der Waals surface area contributed by atoms with Crippen molar-refractivity contribution in [2.75, 3.05) is 13.6 Å². The number of aromatic nitrogens is 3. The summed E-state index contributed by atoms with van der Waals surface area (Å²) >= 11 is 7.90. The summed E-state index contributed by atoms with van der Waals surface area (Å²) in [5.74, 6) is -0.0352. The van der Waals surface area contributed by atoms with Crippen molar-refractivity contribution in [2.24, 2.45) is 0 Å². The van der Waals surface area contributed by atoms with Gasteiger partial charge < -0.3 is 9.30 Å². The molecule has 1 aliphatic heterocycles. The lowest BCUT2D eigenvalue weighted by Crippen LogP contribution is -2.37. The van der Waals surface area contributed by atoms with Gasteiger partial charge in [-0.3, -0.25) is 9.69 Å². The number of rotatable bonds is 5. The van der Waals surface area contributed by atoms with Crippen molar-refractivity contribution in [3.63, 3.8) is 0 Å². The molecule has 8 heteroatoms. The first-order valence-electron chi connectivity index (χ1n) is 10.2. The molecule has 0 fully saturated rings. The topological polar surface area (TPSA) is 53.7 Å². The van der Waals surface area contributed by atoms with Crippen LogP contribution in [0.4, 0.5) is 0 Å². The molecule has 0 unspecified atom stereocenters. The second-order valence-corrected chi connectivity index (χ2v) is 9.24. The second kappa shape index (κ2) is 8.42. The first-order valence-corrected chi connectivity index (χ1v) is 11.4. The van der Waals surface area contributed by atoms with Crippen LogP contribution in [0.1, 0.15) is 32.3 Å². The van der Waals surface area contributed by atoms with Gasteiger partial charge in [-0.2, -0.15) is 0 Å². The maximum Gasteiger partial charge on any atom is 0.274 e. The number of pyridine rings is 1. The Morgan fingerprint density at radius 2 is 2.03 bits per heavy atom. The Kier molecular flexibility index (Phi) is 5.48. The maximum atomic E-state index is 13.6. The molecular formula is C23H22ClN5OS. The van der Waals surface area contributed by atoms with Crippen molar-refractivity contribution in [1.29, 1.82) is 0 Å². The van der Waals surface area contributed by atoms with Crippen LogP contribution in [-0.4, -0.2) is 43.7 Å². The highest BCUT2D eigenvalue weighted by Crippen LogP contribution is 2.24. The van der Waals surface area contributed by atoms with E-state index in [9.17, 15) is 4.79 Å². The minimum atomic E-state index is -0.0352. The highest BCUT2D eigenvalue weighted by Gasteiger charge is 2.27. The third-order valence-electron chi connectivity index (χ3n) is 5.61. The lowest BCUT2D eigenvalue weighted by atomic mass is 9.99. The molecule has 0 saturated carbocycles. The molecule has 1 amide bonds. The summed E-state index contributed by atoms with van der Waals surface area (Å²) in [6, 6.07) is 12.0. The predicted molar refractivity (Wildman–Crippen MR) is 122 cm³/mol. The summed E-state index contributed by atoms with van der Waals surface area (Å²) < 4.78 is 1.94. The van der Waals surface area contributed by atoms with Crippen LogP contribution in [0.25, 0.3) is 5.65 Å². The van der Waals surface area contributed by atoms with Crippen LogP contribution in [0.15, 0.2) is 54.2 Å². The van der Waals surface area contributed by atoms with Gasteiger partial charge in [0.05, 0.1) is 17.3 Å². The van der Waals surface area contributed by atoms with Gasteiger partial charge in [0.2, 0.25) is 0 Å². The monoisotopic (exact) mass is 451 g/mol. The average molecular weight is 452 g/mol. The van der Waals surface area contributed by atoms with Gasteiger partial charge >= 0.3 is 0 Å². The molecule has 0 spiro atoms. The molecule has 0 radical (unpaired) electrons. The van der Waals surface area contributed by atoms with Crippen molar-refractivity contribution in [2.45, 2.75) is 26.1 Å². The summed E-state index contributed by atoms with van der Waals surface area (Å²) in [6.07, 6.45) is 4.50. The van der Waals surface area contributed by atoms with Crippen molar-refractivity contribution in [3.05, 3.63) is 86.7 Å². The minimum Gasteiger partial charge on any atom is -0.333 e. The van der Waals surface area contributed by atoms with Crippen molar-refractivity contribution < 1.29 is 4.79 Å². The lowest BCUT2D eigenvalue weighted by Gasteiger charge is -2.28. The fraction of sp³-hybridized carbons (Fsp3) is 0.261. The first kappa shape index (κ1) is 20.2. The van der Waals surface area contributed by atoms with E-state index in [1.807, 2.05) is 46.3 Å². The zero-order chi connectivity index (χ0) is 21.4. The van der Waals surface area contributed by atoms with E-state index in [-0.39, 0.29) is 5.91 Å². The number of carbonyl (C=O) groups is 1. The summed E-state index contributed by atoms with van der Waals surface area (Å²) in [5, 5.41) is 3.62. The second-order valence-electron chi connectivity index (χ2n) is 7.83. The number of halogens is 1. The number of nitrogens with zero attached hydrogens (tertiary/aromatic N) is 5. The minimum absolute atomic E-state index is 0.0352. The van der Waals surface area contributed by atoms with Gasteiger partial charge in [-0.1, -0.05) is 35.9 Å². The predicted octanol–water partition coefficient (Wildman–Crippen LogP) is 4.27. The molecular weight excluding hydrogens is 430 g/mol. The summed E-state index contributed by atoms with van der Waals surface area (Å²) in [7, 11) is 2.02. The molecule has 6 nitrogen and oxygen atoms in total. The molecule has 0 atom stereocenters. The van der Waals surface area contributed by atoms with Crippen LogP contribution in [0.5, 0.6) is 0 Å². The smallest absolute Gasteiger partial charge is 0.274 e. The molecule has 0 saturated heterocycles. The van der Waals surface area contributed by atoms with Crippen LogP contribution >= 0.6 is 22.9 Å². The van der Waals surface area contributed by atoms with Crippen LogP contribution < -0.4 is 0 Å². The van der Waals surface area contributed by atoms with E-state index in [1.165, 1.54) is 11.1 Å². The molecule has 4 aromatic rings. The fourth-order valence-electron chi connectivity index (χ4n) is 4.08. The number of amides is 1. The third kappa shape index (κ3) is 4.08. The number of benzene rings is 1. The van der Waals surface area contributed by atoms with E-state index < -0.39 is 0 Å². The molecule has 1 aliphatic rings. The maximum absolute atomic E-state index is 13.6. The lowest BCUT2D eigenvalue weighted by molar-refractivity contribution is 0.0727. The first-order chi connectivity index (χ1) is 15.1. The van der Waals surface area contributed by atoms with E-state index in [1.54, 1.807) is 17.4 Å². The Morgan fingerprint density at radius 1 is 1.19 bits per heavy atom. The summed E-state index contributed by atoms with van der Waals surface area (Å²) in [5.41, 5.74) is 4.59. The Labute approximate surface area is 189 Å². The van der Waals surface area contributed by atoms with E-state index >= 15 is 0 Å². The highest BCUT2D eigenvalue weighted by atomic mass is 35.5. The molecule has 0 aliphatic carbocycles. The van der Waals surface area contributed by atoms with Gasteiger partial charge in [0, 0.05) is 37.4 Å². The zero-order valence-corrected chi connectivity index (χ0v) is 18.7. The van der Waals surface area contributed by atoms with Gasteiger partial charge in [-0.05, 0) is 36.7 Å². The van der Waals surface area contributed by atoms with Crippen LogP contribution in [0.2, 0.25) is 5.02 Å². The van der Waals surface area contributed by atoms with E-state index in [2.05, 4.69) is 28.1 Å². The number of fused-ring (bicyclic) bond motifs is 2. The van der Waals surface area contributed by atoms with E-state index in [0.717, 1.165) is 22.8 Å². The van der Waals surface area contributed by atoms with E-state index in [0.29, 0.717) is 36.9 Å². The molecule has 0 bridgehead atoms. The zero-order valence-electron chi connectivity index (χ0n) is 17.2. The molecule has 0 N–H and O–H groups in total. The van der Waals surface area contributed by atoms with Gasteiger partial charge in [0.25, 0.3) is 5.91 Å². The summed E-state index contributed by atoms with van der Waals surface area (Å²) in [4.78, 5) is 26.7. The number of hydrogen-bond acceptors (Lipinski definition) is 5. The van der Waals surface area contributed by atoms with E-state index in [4.69, 9.17) is 16.6 Å². The van der Waals surface area contributed by atoms with Gasteiger partial charge in [-0.25, -0.2) is 9.97 Å². The van der Waals surface area contributed by atoms with Crippen LogP contribution in [0, 0.1) is 0 Å². The SMILES string of the molecule is CN(Cc1nccs1)Cc1c(C(=O)N2CCc3ccccc3C2)nc2ccc(Cl)cn12. The Bertz CT molecular complexity index is 1240. The number of imidazole rings is 1. The average Bonchev–Trinajstić information content (AvgIpc) is 3.41. The summed E-state index contributed by atoms with van der Waals surface area (Å²) in [6.45, 7) is 2.57. The molecule has 158 valence electrons.